The van der Waals surface area contributed by atoms with Gasteiger partial charge in [0.05, 0.1) is 21.1 Å². The van der Waals surface area contributed by atoms with Crippen molar-refractivity contribution >= 4 is 51.1 Å². The molecule has 0 atom stereocenters. The number of amides is 1. The van der Waals surface area contributed by atoms with Crippen LogP contribution in [-0.4, -0.2) is 31.9 Å². The highest BCUT2D eigenvalue weighted by Gasteiger charge is 2.39. The number of aromatic nitrogens is 1. The zero-order chi connectivity index (χ0) is 23.7. The number of para-hydroxylation sites is 1. The Kier molecular flexibility index (Phi) is 6.34. The molecule has 8 nitrogen and oxygen atoms in total. The topological polar surface area (TPSA) is 102 Å². The quantitative estimate of drug-likeness (QED) is 0.226. The molecule has 1 amide bonds. The number of benzene rings is 1. The summed E-state index contributed by atoms with van der Waals surface area (Å²) in [7, 11) is 0. The van der Waals surface area contributed by atoms with Gasteiger partial charge in [0.25, 0.3) is 11.6 Å². The zero-order valence-electron chi connectivity index (χ0n) is 18.5. The Labute approximate surface area is 204 Å². The van der Waals surface area contributed by atoms with Crippen LogP contribution in [0.5, 0.6) is 0 Å². The summed E-state index contributed by atoms with van der Waals surface area (Å²) in [6, 6.07) is 9.96. The third kappa shape index (κ3) is 4.55. The number of nitro groups is 1. The second-order valence-corrected chi connectivity index (χ2v) is 10.1. The van der Waals surface area contributed by atoms with Crippen LogP contribution in [0.1, 0.15) is 43.6 Å². The number of thiazole rings is 1. The summed E-state index contributed by atoms with van der Waals surface area (Å²) in [4.78, 5) is 35.9. The standard InChI is InChI=1S/C24H22N4O4S2/c1-15-14-33-23(25-15)26-24-27(16-7-3-2-4-8-16)22(29)21(34-24)13-17-11-12-20(32-17)18-9-5-6-10-19(18)28(30)31/h5-6,9-14,16H,2-4,7-8H2,1H3/b21-13+,26-24+. The summed E-state index contributed by atoms with van der Waals surface area (Å²) in [5.41, 5.74) is 1.27. The lowest BCUT2D eigenvalue weighted by molar-refractivity contribution is -0.384. The number of amidine groups is 1. The van der Waals surface area contributed by atoms with Crippen molar-refractivity contribution in [3.8, 4) is 11.3 Å². The molecule has 1 aromatic carbocycles. The Balaban J connectivity index is 1.47. The molecule has 2 aliphatic rings. The predicted molar refractivity (Wildman–Crippen MR) is 134 cm³/mol. The van der Waals surface area contributed by atoms with Crippen LogP contribution in [-0.2, 0) is 4.79 Å². The van der Waals surface area contributed by atoms with Crippen molar-refractivity contribution in [3.05, 3.63) is 68.3 Å². The molecule has 174 valence electrons. The number of carbonyl (C=O) groups excluding carboxylic acids is 1. The maximum atomic E-state index is 13.4. The number of hydrogen-bond acceptors (Lipinski definition) is 8. The molecule has 3 aromatic rings. The van der Waals surface area contributed by atoms with E-state index in [0.29, 0.717) is 32.3 Å². The van der Waals surface area contributed by atoms with E-state index < -0.39 is 4.92 Å². The largest absolute Gasteiger partial charge is 0.456 e. The third-order valence-corrected chi connectivity index (χ3v) is 7.68. The molecule has 0 spiro atoms. The number of rotatable bonds is 5. The molecule has 0 unspecified atom stereocenters. The van der Waals surface area contributed by atoms with Crippen LogP contribution in [0.15, 0.2) is 56.1 Å². The van der Waals surface area contributed by atoms with E-state index in [1.54, 1.807) is 36.4 Å². The maximum absolute atomic E-state index is 13.4. The predicted octanol–water partition coefficient (Wildman–Crippen LogP) is 6.56. The van der Waals surface area contributed by atoms with Gasteiger partial charge in [-0.2, -0.15) is 4.99 Å². The van der Waals surface area contributed by atoms with Crippen LogP contribution < -0.4 is 0 Å². The van der Waals surface area contributed by atoms with Gasteiger partial charge in [0.15, 0.2) is 5.17 Å². The highest BCUT2D eigenvalue weighted by molar-refractivity contribution is 8.18. The minimum absolute atomic E-state index is 0.0287. The second-order valence-electron chi connectivity index (χ2n) is 8.22. The first kappa shape index (κ1) is 22.5. The lowest BCUT2D eigenvalue weighted by Gasteiger charge is -2.30. The second kappa shape index (κ2) is 9.55. The Morgan fingerprint density at radius 2 is 2.00 bits per heavy atom. The first-order valence-electron chi connectivity index (χ1n) is 11.1. The van der Waals surface area contributed by atoms with Gasteiger partial charge < -0.3 is 4.42 Å². The fraction of sp³-hybridized carbons (Fsp3) is 0.292. The first-order valence-corrected chi connectivity index (χ1v) is 12.8. The molecule has 34 heavy (non-hydrogen) atoms. The van der Waals surface area contributed by atoms with Crippen LogP contribution in [0.2, 0.25) is 0 Å². The highest BCUT2D eigenvalue weighted by atomic mass is 32.2. The molecule has 1 aliphatic heterocycles. The number of thioether (sulfide) groups is 1. The molecule has 10 heteroatoms. The van der Waals surface area contributed by atoms with Crippen molar-refractivity contribution in [3.63, 3.8) is 0 Å². The van der Waals surface area contributed by atoms with Crippen LogP contribution in [0.4, 0.5) is 10.8 Å². The van der Waals surface area contributed by atoms with E-state index in [1.165, 1.54) is 35.6 Å². The fourth-order valence-corrected chi connectivity index (χ4v) is 5.99. The van der Waals surface area contributed by atoms with Gasteiger partial charge in [0.1, 0.15) is 11.5 Å². The number of hydrogen-bond donors (Lipinski definition) is 0. The lowest BCUT2D eigenvalue weighted by Crippen LogP contribution is -2.40. The zero-order valence-corrected chi connectivity index (χ0v) is 20.1. The van der Waals surface area contributed by atoms with Gasteiger partial charge in [-0.15, -0.1) is 11.3 Å². The summed E-state index contributed by atoms with van der Waals surface area (Å²) in [5.74, 6) is 0.748. The normalized spacial score (nSPS) is 19.4. The van der Waals surface area contributed by atoms with Crippen molar-refractivity contribution in [2.45, 2.75) is 45.1 Å². The first-order chi connectivity index (χ1) is 16.5. The number of carbonyl (C=O) groups is 1. The average molecular weight is 495 g/mol. The smallest absolute Gasteiger partial charge is 0.280 e. The number of aryl methyl sites for hydroxylation is 1. The molecule has 5 rings (SSSR count). The monoisotopic (exact) mass is 494 g/mol. The number of nitro benzene ring substituents is 1. The van der Waals surface area contributed by atoms with Crippen molar-refractivity contribution in [2.24, 2.45) is 4.99 Å². The molecule has 0 bridgehead atoms. The van der Waals surface area contributed by atoms with Gasteiger partial charge in [-0.3, -0.25) is 19.8 Å². The van der Waals surface area contributed by atoms with Gasteiger partial charge in [-0.05, 0) is 49.7 Å². The molecule has 0 N–H and O–H groups in total. The van der Waals surface area contributed by atoms with Crippen molar-refractivity contribution in [2.75, 3.05) is 0 Å². The van der Waals surface area contributed by atoms with Crippen LogP contribution in [0, 0.1) is 17.0 Å². The SMILES string of the molecule is Cc1csc(/N=C2/S/C(=C/c3ccc(-c4ccccc4[N+](=O)[O-])o3)C(=O)N2C2CCCCC2)n1. The molecular formula is C24H22N4O4S2. The summed E-state index contributed by atoms with van der Waals surface area (Å²) in [6.07, 6.45) is 6.98. The molecule has 3 heterocycles. The van der Waals surface area contributed by atoms with Crippen molar-refractivity contribution in [1.82, 2.24) is 9.88 Å². The van der Waals surface area contributed by atoms with Gasteiger partial charge in [-0.1, -0.05) is 31.4 Å². The number of nitrogens with zero attached hydrogens (tertiary/aromatic N) is 4. The molecule has 1 saturated heterocycles. The third-order valence-electron chi connectivity index (χ3n) is 5.84. The van der Waals surface area contributed by atoms with E-state index in [9.17, 15) is 14.9 Å². The molecule has 2 aromatic heterocycles. The lowest BCUT2D eigenvalue weighted by atomic mass is 9.94. The Morgan fingerprint density at radius 3 is 2.74 bits per heavy atom. The van der Waals surface area contributed by atoms with Gasteiger partial charge in [-0.25, -0.2) is 4.98 Å². The van der Waals surface area contributed by atoms with Gasteiger partial charge in [0, 0.05) is 23.6 Å². The summed E-state index contributed by atoms with van der Waals surface area (Å²) >= 11 is 2.77. The van der Waals surface area contributed by atoms with Crippen molar-refractivity contribution < 1.29 is 14.1 Å². The van der Waals surface area contributed by atoms with Gasteiger partial charge in [0.2, 0.25) is 5.13 Å². The summed E-state index contributed by atoms with van der Waals surface area (Å²) in [5, 5.41) is 14.6. The Hall–Kier alpha value is -3.24. The number of furan rings is 1. The minimum atomic E-state index is -0.433. The molecular weight excluding hydrogens is 472 g/mol. The minimum Gasteiger partial charge on any atom is -0.456 e. The van der Waals surface area contributed by atoms with E-state index in [4.69, 9.17) is 9.41 Å². The van der Waals surface area contributed by atoms with Crippen LogP contribution in [0.3, 0.4) is 0 Å². The Bertz CT molecular complexity index is 1300. The summed E-state index contributed by atoms with van der Waals surface area (Å²) < 4.78 is 5.89. The van der Waals surface area contributed by atoms with Crippen LogP contribution >= 0.6 is 23.1 Å². The molecule has 2 fully saturated rings. The van der Waals surface area contributed by atoms with Crippen molar-refractivity contribution in [1.29, 1.82) is 0 Å². The van der Waals surface area contributed by atoms with E-state index >= 15 is 0 Å². The molecule has 0 radical (unpaired) electrons. The van der Waals surface area contributed by atoms with E-state index in [-0.39, 0.29) is 17.6 Å². The molecule has 1 saturated carbocycles. The Morgan fingerprint density at radius 1 is 1.21 bits per heavy atom. The number of aliphatic imine (C=N–C) groups is 1. The maximum Gasteiger partial charge on any atom is 0.280 e. The average Bonchev–Trinajstić information content (AvgIpc) is 3.55. The van der Waals surface area contributed by atoms with E-state index in [1.807, 2.05) is 17.2 Å². The molecule has 1 aliphatic carbocycles. The fourth-order valence-electron chi connectivity index (χ4n) is 4.25. The van der Waals surface area contributed by atoms with Gasteiger partial charge >= 0.3 is 0 Å². The highest BCUT2D eigenvalue weighted by Crippen LogP contribution is 2.39. The van der Waals surface area contributed by atoms with Crippen LogP contribution in [0.25, 0.3) is 17.4 Å². The summed E-state index contributed by atoms with van der Waals surface area (Å²) in [6.45, 7) is 1.92. The van der Waals surface area contributed by atoms with E-state index in [2.05, 4.69) is 4.98 Å². The van der Waals surface area contributed by atoms with E-state index in [0.717, 1.165) is 31.4 Å².